The van der Waals surface area contributed by atoms with E-state index in [-0.39, 0.29) is 11.4 Å². The van der Waals surface area contributed by atoms with Gasteiger partial charge in [-0.15, -0.1) is 0 Å². The van der Waals surface area contributed by atoms with Crippen LogP contribution in [-0.2, 0) is 6.54 Å². The number of aryl methyl sites for hydroxylation is 1. The van der Waals surface area contributed by atoms with Crippen molar-refractivity contribution in [2.75, 3.05) is 0 Å². The lowest BCUT2D eigenvalue weighted by atomic mass is 9.43. The van der Waals surface area contributed by atoms with Gasteiger partial charge in [-0.2, -0.15) is 0 Å². The number of benzene rings is 1. The summed E-state index contributed by atoms with van der Waals surface area (Å²) in [5.41, 5.74) is 2.51. The van der Waals surface area contributed by atoms with Gasteiger partial charge in [-0.1, -0.05) is 64.0 Å². The fraction of sp³-hybridized carbons (Fsp3) is 0.630. The molecule has 1 amide bonds. The van der Waals surface area contributed by atoms with Crippen molar-refractivity contribution in [1.82, 2.24) is 9.88 Å². The molecular formula is C27H36N2OS. The van der Waals surface area contributed by atoms with Gasteiger partial charge in [0.25, 0.3) is 5.91 Å². The first-order valence-corrected chi connectivity index (χ1v) is 12.6. The largest absolute Gasteiger partial charge is 0.347 e. The molecule has 1 aromatic carbocycles. The quantitative estimate of drug-likeness (QED) is 0.389. The Labute approximate surface area is 191 Å². The summed E-state index contributed by atoms with van der Waals surface area (Å²) in [6.45, 7) is 8.05. The van der Waals surface area contributed by atoms with Crippen molar-refractivity contribution in [1.29, 1.82) is 0 Å². The number of carbonyl (C=O) groups excluding carboxylic acids is 1. The van der Waals surface area contributed by atoms with Crippen LogP contribution in [0.3, 0.4) is 0 Å². The van der Waals surface area contributed by atoms with E-state index in [0.29, 0.717) is 20.9 Å². The van der Waals surface area contributed by atoms with E-state index >= 15 is 0 Å². The van der Waals surface area contributed by atoms with Gasteiger partial charge in [-0.3, -0.25) is 4.79 Å². The third-order valence-corrected chi connectivity index (χ3v) is 8.68. The number of fused-ring (bicyclic) bond motifs is 1. The van der Waals surface area contributed by atoms with E-state index in [1.807, 2.05) is 12.3 Å². The van der Waals surface area contributed by atoms with Gasteiger partial charge in [0.1, 0.15) is 0 Å². The van der Waals surface area contributed by atoms with Crippen LogP contribution in [0.15, 0.2) is 30.5 Å². The normalized spacial score (nSPS) is 33.7. The van der Waals surface area contributed by atoms with Crippen LogP contribution in [0.25, 0.3) is 10.9 Å². The number of para-hydroxylation sites is 1. The molecule has 1 N–H and O–H groups in total. The molecule has 0 spiro atoms. The predicted octanol–water partition coefficient (Wildman–Crippen LogP) is 7.04. The predicted molar refractivity (Wildman–Crippen MR) is 130 cm³/mol. The molecule has 4 aliphatic rings. The van der Waals surface area contributed by atoms with Crippen molar-refractivity contribution in [3.8, 4) is 0 Å². The smallest absolute Gasteiger partial charge is 0.254 e. The molecule has 1 heterocycles. The van der Waals surface area contributed by atoms with Crippen molar-refractivity contribution in [3.05, 3.63) is 40.5 Å². The minimum Gasteiger partial charge on any atom is -0.347 e. The highest BCUT2D eigenvalue weighted by Gasteiger charge is 2.60. The van der Waals surface area contributed by atoms with Gasteiger partial charge in [0.05, 0.1) is 10.1 Å². The monoisotopic (exact) mass is 436 g/mol. The number of nitrogens with one attached hydrogen (secondary N) is 1. The van der Waals surface area contributed by atoms with Crippen LogP contribution in [0.4, 0.5) is 0 Å². The number of rotatable bonds is 6. The van der Waals surface area contributed by atoms with E-state index in [0.717, 1.165) is 49.0 Å². The number of unbranched alkanes of at least 4 members (excludes halogenated alkanes) is 2. The van der Waals surface area contributed by atoms with Crippen molar-refractivity contribution in [3.63, 3.8) is 0 Å². The van der Waals surface area contributed by atoms with Gasteiger partial charge >= 0.3 is 0 Å². The third kappa shape index (κ3) is 3.75. The van der Waals surface area contributed by atoms with Crippen molar-refractivity contribution in [2.24, 2.45) is 16.7 Å². The first-order chi connectivity index (χ1) is 14.7. The molecule has 166 valence electrons. The summed E-state index contributed by atoms with van der Waals surface area (Å²) in [4.78, 5) is 13.7. The molecule has 3 nitrogen and oxygen atoms in total. The van der Waals surface area contributed by atoms with Gasteiger partial charge in [0.15, 0.2) is 0 Å². The molecule has 4 saturated carbocycles. The summed E-state index contributed by atoms with van der Waals surface area (Å²) in [7, 11) is 0. The molecule has 31 heavy (non-hydrogen) atoms. The average Bonchev–Trinajstić information content (AvgIpc) is 2.66. The first kappa shape index (κ1) is 21.2. The van der Waals surface area contributed by atoms with Crippen LogP contribution in [-0.4, -0.2) is 16.0 Å². The van der Waals surface area contributed by atoms with Crippen molar-refractivity contribution < 1.29 is 4.79 Å². The van der Waals surface area contributed by atoms with Crippen molar-refractivity contribution >= 4 is 29.0 Å². The Balaban J connectivity index is 1.49. The molecule has 4 aliphatic carbocycles. The Morgan fingerprint density at radius 1 is 1.10 bits per heavy atom. The summed E-state index contributed by atoms with van der Waals surface area (Å²) in [5, 5.41) is 4.59. The Hall–Kier alpha value is -1.68. The number of amides is 1. The molecule has 2 unspecified atom stereocenters. The summed E-state index contributed by atoms with van der Waals surface area (Å²) in [6.07, 6.45) is 12.9. The topological polar surface area (TPSA) is 34.0 Å². The fourth-order valence-electron chi connectivity index (χ4n) is 8.12. The standard InChI is InChI=1S/C27H36N2OS/c1-4-5-8-11-29-15-21(23(31)20-9-6-7-10-22(20)29)24(30)28-27-14-19-12-25(2,17-27)16-26(3,13-19)18-27/h6-7,9-10,15,19H,4-5,8,11-14,16-18H2,1-3H3,(H,28,30)/t19?,25-,26+,27?. The maximum atomic E-state index is 13.7. The van der Waals surface area contributed by atoms with Crippen LogP contribution in [0, 0.1) is 21.3 Å². The molecule has 4 heteroatoms. The van der Waals surface area contributed by atoms with Gasteiger partial charge in [0.2, 0.25) is 0 Å². The van der Waals surface area contributed by atoms with Crippen LogP contribution >= 0.6 is 12.2 Å². The molecule has 1 aromatic heterocycles. The highest BCUT2D eigenvalue weighted by molar-refractivity contribution is 7.71. The van der Waals surface area contributed by atoms with Crippen LogP contribution < -0.4 is 5.32 Å². The van der Waals surface area contributed by atoms with E-state index in [9.17, 15) is 4.79 Å². The summed E-state index contributed by atoms with van der Waals surface area (Å²) in [5.74, 6) is 0.791. The average molecular weight is 437 g/mol. The Morgan fingerprint density at radius 3 is 2.48 bits per heavy atom. The van der Waals surface area contributed by atoms with Crippen LogP contribution in [0.1, 0.15) is 88.9 Å². The van der Waals surface area contributed by atoms with Crippen molar-refractivity contribution in [2.45, 2.75) is 90.6 Å². The molecule has 6 rings (SSSR count). The zero-order valence-corrected chi connectivity index (χ0v) is 20.1. The van der Waals surface area contributed by atoms with E-state index in [1.54, 1.807) is 0 Å². The second-order valence-electron chi connectivity index (χ2n) is 11.7. The van der Waals surface area contributed by atoms with Gasteiger partial charge in [-0.25, -0.2) is 0 Å². The molecule has 4 fully saturated rings. The third-order valence-electron chi connectivity index (χ3n) is 8.24. The molecule has 4 bridgehead atoms. The minimum absolute atomic E-state index is 0.0362. The minimum atomic E-state index is -0.0551. The van der Waals surface area contributed by atoms with E-state index < -0.39 is 0 Å². The Kier molecular flexibility index (Phi) is 5.08. The number of nitrogens with zero attached hydrogens (tertiary/aromatic N) is 1. The fourth-order valence-corrected chi connectivity index (χ4v) is 8.44. The number of carbonyl (C=O) groups is 1. The number of aromatic nitrogens is 1. The second kappa shape index (κ2) is 7.43. The van der Waals surface area contributed by atoms with E-state index in [2.05, 4.69) is 48.9 Å². The first-order valence-electron chi connectivity index (χ1n) is 12.2. The second-order valence-corrected chi connectivity index (χ2v) is 12.1. The maximum Gasteiger partial charge on any atom is 0.254 e. The number of hydrogen-bond donors (Lipinski definition) is 1. The number of pyridine rings is 1. The van der Waals surface area contributed by atoms with E-state index in [1.165, 1.54) is 32.1 Å². The molecule has 0 radical (unpaired) electrons. The highest BCUT2D eigenvalue weighted by Crippen LogP contribution is 2.66. The molecule has 2 aromatic rings. The van der Waals surface area contributed by atoms with Gasteiger partial charge < -0.3 is 9.88 Å². The zero-order chi connectivity index (χ0) is 21.9. The van der Waals surface area contributed by atoms with Crippen LogP contribution in [0.5, 0.6) is 0 Å². The highest BCUT2D eigenvalue weighted by atomic mass is 32.1. The molecule has 0 aliphatic heterocycles. The van der Waals surface area contributed by atoms with Gasteiger partial charge in [-0.05, 0) is 67.8 Å². The zero-order valence-electron chi connectivity index (χ0n) is 19.3. The maximum absolute atomic E-state index is 13.7. The van der Waals surface area contributed by atoms with Crippen LogP contribution in [0.2, 0.25) is 0 Å². The molecule has 4 atom stereocenters. The lowest BCUT2D eigenvalue weighted by Gasteiger charge is -2.65. The lowest BCUT2D eigenvalue weighted by molar-refractivity contribution is -0.114. The summed E-state index contributed by atoms with van der Waals surface area (Å²) >= 11 is 5.84. The number of hydrogen-bond acceptors (Lipinski definition) is 2. The summed E-state index contributed by atoms with van der Waals surface area (Å²) < 4.78 is 2.94. The Bertz CT molecular complexity index is 1070. The summed E-state index contributed by atoms with van der Waals surface area (Å²) in [6, 6.07) is 8.28. The van der Waals surface area contributed by atoms with Gasteiger partial charge in [0, 0.05) is 29.2 Å². The Morgan fingerprint density at radius 2 is 1.81 bits per heavy atom. The van der Waals surface area contributed by atoms with E-state index in [4.69, 9.17) is 12.2 Å². The lowest BCUT2D eigenvalue weighted by Crippen LogP contribution is -2.65. The molecular weight excluding hydrogens is 400 g/mol. The molecule has 0 saturated heterocycles. The SMILES string of the molecule is CCCCCn1cc(C(=O)NC23CC4C[C@@](C)(C2)C[C@](C)(C4)C3)c(=S)c2ccccc21.